The van der Waals surface area contributed by atoms with E-state index in [1.165, 1.54) is 5.69 Å². The summed E-state index contributed by atoms with van der Waals surface area (Å²) in [6.45, 7) is 5.38. The van der Waals surface area contributed by atoms with E-state index < -0.39 is 5.60 Å². The van der Waals surface area contributed by atoms with Crippen molar-refractivity contribution < 1.29 is 9.84 Å². The zero-order valence-electron chi connectivity index (χ0n) is 19.9. The third kappa shape index (κ3) is 4.96. The maximum atomic E-state index is 10.0. The molecule has 1 fully saturated rings. The summed E-state index contributed by atoms with van der Waals surface area (Å²) in [4.78, 5) is 11.6. The molecule has 5 heterocycles. The minimum absolute atomic E-state index is 0.135. The van der Waals surface area contributed by atoms with E-state index in [0.717, 1.165) is 42.9 Å². The van der Waals surface area contributed by atoms with Crippen LogP contribution in [-0.4, -0.2) is 50.0 Å². The molecule has 5 rings (SSSR count). The van der Waals surface area contributed by atoms with Crippen molar-refractivity contribution in [1.82, 2.24) is 19.6 Å². The normalized spacial score (nSPS) is 14.7. The first kappa shape index (κ1) is 22.8. The number of pyridine rings is 3. The zero-order chi connectivity index (χ0) is 24.4. The molecule has 4 aromatic heterocycles. The van der Waals surface area contributed by atoms with Crippen molar-refractivity contribution in [2.45, 2.75) is 38.2 Å². The van der Waals surface area contributed by atoms with Crippen molar-refractivity contribution in [3.05, 3.63) is 72.4 Å². The number of aliphatic hydroxyl groups is 1. The van der Waals surface area contributed by atoms with Gasteiger partial charge in [-0.05, 0) is 57.0 Å². The van der Waals surface area contributed by atoms with E-state index >= 15 is 0 Å². The van der Waals surface area contributed by atoms with Crippen molar-refractivity contribution in [2.24, 2.45) is 0 Å². The van der Waals surface area contributed by atoms with Crippen LogP contribution in [-0.2, 0) is 0 Å². The highest BCUT2D eigenvalue weighted by molar-refractivity contribution is 5.85. The first-order valence-corrected chi connectivity index (χ1v) is 11.8. The molecule has 0 amide bonds. The molecule has 8 heteroatoms. The van der Waals surface area contributed by atoms with Gasteiger partial charge in [0.1, 0.15) is 24.2 Å². The molecular formula is C27H28N6O2. The zero-order valence-corrected chi connectivity index (χ0v) is 19.9. The Morgan fingerprint density at radius 2 is 1.97 bits per heavy atom. The summed E-state index contributed by atoms with van der Waals surface area (Å²) >= 11 is 0. The van der Waals surface area contributed by atoms with E-state index in [2.05, 4.69) is 33.2 Å². The number of ether oxygens (including phenoxy) is 1. The second-order valence-electron chi connectivity index (χ2n) is 9.57. The van der Waals surface area contributed by atoms with Crippen molar-refractivity contribution in [3.8, 4) is 22.9 Å². The fraction of sp³-hybridized carbons (Fsp3) is 0.333. The molecular weight excluding hydrogens is 440 g/mol. The van der Waals surface area contributed by atoms with E-state index in [0.29, 0.717) is 22.7 Å². The lowest BCUT2D eigenvalue weighted by molar-refractivity contribution is 0.0283. The molecule has 0 saturated carbocycles. The topological polar surface area (TPSA) is 99.6 Å². The largest absolute Gasteiger partial charge is 0.489 e. The summed E-state index contributed by atoms with van der Waals surface area (Å²) in [7, 11) is 0. The van der Waals surface area contributed by atoms with Crippen LogP contribution >= 0.6 is 0 Å². The summed E-state index contributed by atoms with van der Waals surface area (Å²) in [6.07, 6.45) is 9.06. The fourth-order valence-corrected chi connectivity index (χ4v) is 4.49. The number of fused-ring (bicyclic) bond motifs is 1. The van der Waals surface area contributed by atoms with Gasteiger partial charge in [-0.25, -0.2) is 9.50 Å². The van der Waals surface area contributed by atoms with Gasteiger partial charge < -0.3 is 14.7 Å². The minimum atomic E-state index is -0.968. The molecule has 0 unspecified atom stereocenters. The monoisotopic (exact) mass is 468 g/mol. The Morgan fingerprint density at radius 3 is 2.63 bits per heavy atom. The average Bonchev–Trinajstić information content (AvgIpc) is 3.30. The highest BCUT2D eigenvalue weighted by Crippen LogP contribution is 2.33. The highest BCUT2D eigenvalue weighted by Gasteiger charge is 2.23. The van der Waals surface area contributed by atoms with Gasteiger partial charge in [0, 0.05) is 48.2 Å². The van der Waals surface area contributed by atoms with Gasteiger partial charge in [-0.1, -0.05) is 6.07 Å². The SMILES string of the molecule is CC(C)(O)COc1cc(-c2ccc(N3CCC(c4ccccn4)CC3)nc2)c2c(C#N)cnn2c1. The smallest absolute Gasteiger partial charge is 0.138 e. The molecule has 0 radical (unpaired) electrons. The lowest BCUT2D eigenvalue weighted by atomic mass is 9.93. The first-order chi connectivity index (χ1) is 16.9. The molecule has 0 atom stereocenters. The number of nitrogens with zero attached hydrogens (tertiary/aromatic N) is 6. The number of hydrogen-bond donors (Lipinski definition) is 1. The number of piperidine rings is 1. The van der Waals surface area contributed by atoms with Gasteiger partial charge in [0.25, 0.3) is 0 Å². The Balaban J connectivity index is 1.38. The second-order valence-corrected chi connectivity index (χ2v) is 9.57. The van der Waals surface area contributed by atoms with Crippen molar-refractivity contribution >= 4 is 11.3 Å². The van der Waals surface area contributed by atoms with Crippen LogP contribution in [0, 0.1) is 11.3 Å². The Labute approximate surface area is 204 Å². The minimum Gasteiger partial charge on any atom is -0.489 e. The van der Waals surface area contributed by atoms with E-state index in [1.807, 2.05) is 36.7 Å². The second kappa shape index (κ2) is 9.35. The molecule has 0 bridgehead atoms. The number of nitriles is 1. The highest BCUT2D eigenvalue weighted by atomic mass is 16.5. The quantitative estimate of drug-likeness (QED) is 0.453. The first-order valence-electron chi connectivity index (χ1n) is 11.8. The van der Waals surface area contributed by atoms with Gasteiger partial charge in [-0.3, -0.25) is 4.98 Å². The van der Waals surface area contributed by atoms with Crippen LogP contribution in [0.15, 0.2) is 61.2 Å². The lowest BCUT2D eigenvalue weighted by Crippen LogP contribution is -2.33. The molecule has 4 aromatic rings. The van der Waals surface area contributed by atoms with Gasteiger partial charge in [0.15, 0.2) is 0 Å². The molecule has 35 heavy (non-hydrogen) atoms. The summed E-state index contributed by atoms with van der Waals surface area (Å²) < 4.78 is 7.46. The van der Waals surface area contributed by atoms with Crippen LogP contribution < -0.4 is 9.64 Å². The van der Waals surface area contributed by atoms with Crippen molar-refractivity contribution in [1.29, 1.82) is 5.26 Å². The van der Waals surface area contributed by atoms with E-state index in [9.17, 15) is 10.4 Å². The molecule has 0 aliphatic carbocycles. The predicted octanol–water partition coefficient (Wildman–Crippen LogP) is 4.20. The lowest BCUT2D eigenvalue weighted by Gasteiger charge is -2.32. The third-order valence-corrected chi connectivity index (χ3v) is 6.28. The average molecular weight is 469 g/mol. The number of hydrogen-bond acceptors (Lipinski definition) is 7. The molecule has 1 saturated heterocycles. The summed E-state index contributed by atoms with van der Waals surface area (Å²) in [5.41, 5.74) is 3.06. The van der Waals surface area contributed by atoms with Crippen LogP contribution in [0.25, 0.3) is 16.6 Å². The van der Waals surface area contributed by atoms with Gasteiger partial charge in [-0.2, -0.15) is 10.4 Å². The van der Waals surface area contributed by atoms with E-state index in [1.54, 1.807) is 30.8 Å². The van der Waals surface area contributed by atoms with Crippen LogP contribution in [0.5, 0.6) is 5.75 Å². The summed E-state index contributed by atoms with van der Waals surface area (Å²) in [5, 5.41) is 24.0. The molecule has 1 N–H and O–H groups in total. The third-order valence-electron chi connectivity index (χ3n) is 6.28. The van der Waals surface area contributed by atoms with Gasteiger partial charge in [0.2, 0.25) is 0 Å². The van der Waals surface area contributed by atoms with Crippen LogP contribution in [0.4, 0.5) is 5.82 Å². The Kier molecular flexibility index (Phi) is 6.10. The van der Waals surface area contributed by atoms with Crippen LogP contribution in [0.2, 0.25) is 0 Å². The summed E-state index contributed by atoms with van der Waals surface area (Å²) in [5.74, 6) is 1.98. The van der Waals surface area contributed by atoms with E-state index in [4.69, 9.17) is 9.72 Å². The Morgan fingerprint density at radius 1 is 1.14 bits per heavy atom. The Bertz CT molecular complexity index is 1340. The molecule has 0 spiro atoms. The Hall–Kier alpha value is -3.96. The van der Waals surface area contributed by atoms with Crippen LogP contribution in [0.1, 0.15) is 43.9 Å². The maximum Gasteiger partial charge on any atom is 0.138 e. The number of anilines is 1. The molecule has 178 valence electrons. The maximum absolute atomic E-state index is 10.0. The van der Waals surface area contributed by atoms with E-state index in [-0.39, 0.29) is 6.61 Å². The van der Waals surface area contributed by atoms with Gasteiger partial charge in [0.05, 0.1) is 29.1 Å². The molecule has 8 nitrogen and oxygen atoms in total. The summed E-state index contributed by atoms with van der Waals surface area (Å²) in [6, 6.07) is 14.3. The van der Waals surface area contributed by atoms with Crippen molar-refractivity contribution in [2.75, 3.05) is 24.6 Å². The van der Waals surface area contributed by atoms with Gasteiger partial charge in [-0.15, -0.1) is 0 Å². The van der Waals surface area contributed by atoms with Crippen molar-refractivity contribution in [3.63, 3.8) is 0 Å². The predicted molar refractivity (Wildman–Crippen MR) is 133 cm³/mol. The molecule has 1 aliphatic rings. The molecule has 0 aromatic carbocycles. The van der Waals surface area contributed by atoms with Gasteiger partial charge >= 0.3 is 0 Å². The standard InChI is InChI=1S/C27H28N6O2/c1-27(2,34)18-35-22-13-23(26-21(14-28)16-31-33(26)17-22)20-6-7-25(30-15-20)32-11-8-19(9-12-32)24-5-3-4-10-29-24/h3-7,10,13,15-17,19,34H,8-9,11-12,18H2,1-2H3. The van der Waals surface area contributed by atoms with Crippen LogP contribution in [0.3, 0.4) is 0 Å². The fourth-order valence-electron chi connectivity index (χ4n) is 4.49. The number of rotatable bonds is 6. The number of aromatic nitrogens is 4. The molecule has 1 aliphatic heterocycles.